The van der Waals surface area contributed by atoms with Crippen LogP contribution < -0.4 is 10.6 Å². The van der Waals surface area contributed by atoms with Gasteiger partial charge in [-0.05, 0) is 41.7 Å². The van der Waals surface area contributed by atoms with Gasteiger partial charge >= 0.3 is 5.97 Å². The molecule has 0 aromatic carbocycles. The topological polar surface area (TPSA) is 67.4 Å². The Bertz CT molecular complexity index is 271. The molecule has 5 nitrogen and oxygen atoms in total. The smallest absolute Gasteiger partial charge is 0.336 e. The summed E-state index contributed by atoms with van der Waals surface area (Å²) in [5.74, 6) is -1.18. The summed E-state index contributed by atoms with van der Waals surface area (Å²) in [6, 6.07) is 0. The minimum atomic E-state index is -1.59. The van der Waals surface area contributed by atoms with Crippen molar-refractivity contribution in [2.75, 3.05) is 13.6 Å². The fourth-order valence-electron chi connectivity index (χ4n) is 0.985. The van der Waals surface area contributed by atoms with Crippen LogP contribution in [-0.4, -0.2) is 36.6 Å². The van der Waals surface area contributed by atoms with Gasteiger partial charge < -0.3 is 10.1 Å². The molecule has 0 aliphatic rings. The van der Waals surface area contributed by atoms with E-state index in [1.807, 2.05) is 0 Å². The van der Waals surface area contributed by atoms with Gasteiger partial charge in [0.1, 0.15) is 5.60 Å². The first-order chi connectivity index (χ1) is 7.17. The molecule has 16 heavy (non-hydrogen) atoms. The van der Waals surface area contributed by atoms with E-state index in [1.54, 1.807) is 27.7 Å². The maximum absolute atomic E-state index is 11.8. The highest BCUT2D eigenvalue weighted by atomic mass is 16.6. The van der Waals surface area contributed by atoms with E-state index in [4.69, 9.17) is 4.74 Å². The first-order valence-corrected chi connectivity index (χ1v) is 5.23. The van der Waals surface area contributed by atoms with Gasteiger partial charge in [0.25, 0.3) is 5.91 Å². The lowest BCUT2D eigenvalue weighted by Gasteiger charge is -2.29. The van der Waals surface area contributed by atoms with Gasteiger partial charge in [-0.25, -0.2) is 4.79 Å². The summed E-state index contributed by atoms with van der Waals surface area (Å²) >= 11 is 0. The average Bonchev–Trinajstić information content (AvgIpc) is 2.14. The van der Waals surface area contributed by atoms with Gasteiger partial charge in [-0.3, -0.25) is 10.1 Å². The van der Waals surface area contributed by atoms with Crippen molar-refractivity contribution in [1.82, 2.24) is 10.6 Å². The maximum atomic E-state index is 11.8. The molecule has 0 rings (SSSR count). The van der Waals surface area contributed by atoms with Crippen molar-refractivity contribution in [3.05, 3.63) is 6.92 Å². The highest BCUT2D eigenvalue weighted by molar-refractivity contribution is 6.08. The molecule has 5 heteroatoms. The van der Waals surface area contributed by atoms with Crippen LogP contribution >= 0.6 is 0 Å². The molecule has 0 heterocycles. The lowest BCUT2D eigenvalue weighted by atomic mass is 10.0. The van der Waals surface area contributed by atoms with Crippen LogP contribution in [-0.2, 0) is 14.3 Å². The number of hydrogen-bond acceptors (Lipinski definition) is 4. The molecule has 93 valence electrons. The van der Waals surface area contributed by atoms with E-state index in [0.717, 1.165) is 0 Å². The third kappa shape index (κ3) is 3.81. The molecule has 0 aromatic heterocycles. The maximum Gasteiger partial charge on any atom is 0.336 e. The number of ether oxygens (including phenoxy) is 1. The van der Waals surface area contributed by atoms with E-state index in [0.29, 0.717) is 6.54 Å². The Morgan fingerprint density at radius 2 is 1.81 bits per heavy atom. The molecule has 1 radical (unpaired) electrons. The van der Waals surface area contributed by atoms with Crippen molar-refractivity contribution in [2.24, 2.45) is 0 Å². The molecule has 1 unspecified atom stereocenters. The highest BCUT2D eigenvalue weighted by Gasteiger charge is 2.42. The standard InChI is InChI=1S/C11H21N2O3/c1-7-13-8(14)11(5,12-6)9(15)16-10(2,3)4/h12H,5,7H2,1-4,6H3,(H,13,14). The van der Waals surface area contributed by atoms with Crippen LogP contribution in [0, 0.1) is 6.92 Å². The minimum Gasteiger partial charge on any atom is -0.458 e. The van der Waals surface area contributed by atoms with Gasteiger partial charge in [0.05, 0.1) is 0 Å². The van der Waals surface area contributed by atoms with Crippen LogP contribution in [0.1, 0.15) is 27.7 Å². The Balaban J connectivity index is 4.82. The summed E-state index contributed by atoms with van der Waals surface area (Å²) in [7, 11) is 1.49. The Labute approximate surface area is 96.9 Å². The quantitative estimate of drug-likeness (QED) is 0.536. The molecule has 0 saturated carbocycles. The van der Waals surface area contributed by atoms with E-state index in [-0.39, 0.29) is 0 Å². The van der Waals surface area contributed by atoms with E-state index in [1.165, 1.54) is 7.05 Å². The van der Waals surface area contributed by atoms with Crippen LogP contribution in [0.2, 0.25) is 0 Å². The first-order valence-electron chi connectivity index (χ1n) is 5.23. The Morgan fingerprint density at radius 1 is 1.31 bits per heavy atom. The second kappa shape index (κ2) is 5.30. The normalized spacial score (nSPS) is 15.1. The van der Waals surface area contributed by atoms with Crippen molar-refractivity contribution in [2.45, 2.75) is 38.8 Å². The zero-order chi connectivity index (χ0) is 13.0. The average molecular weight is 229 g/mol. The van der Waals surface area contributed by atoms with Crippen LogP contribution in [0.15, 0.2) is 0 Å². The lowest BCUT2D eigenvalue weighted by Crippen LogP contribution is -2.60. The van der Waals surface area contributed by atoms with Crippen molar-refractivity contribution in [1.29, 1.82) is 0 Å². The summed E-state index contributed by atoms with van der Waals surface area (Å²) in [6.45, 7) is 11.0. The van der Waals surface area contributed by atoms with Gasteiger partial charge in [0.15, 0.2) is 5.54 Å². The molecule has 1 atom stereocenters. The molecule has 2 N–H and O–H groups in total. The summed E-state index contributed by atoms with van der Waals surface area (Å²) < 4.78 is 5.14. The van der Waals surface area contributed by atoms with Gasteiger partial charge in [0, 0.05) is 6.54 Å². The highest BCUT2D eigenvalue weighted by Crippen LogP contribution is 2.14. The number of carbonyl (C=O) groups is 2. The second-order valence-electron chi connectivity index (χ2n) is 4.52. The number of rotatable bonds is 4. The first kappa shape index (κ1) is 14.9. The number of hydrogen-bond donors (Lipinski definition) is 2. The molecule has 0 bridgehead atoms. The number of carbonyl (C=O) groups excluding carboxylic acids is 2. The molecular formula is C11H21N2O3. The lowest BCUT2D eigenvalue weighted by molar-refractivity contribution is -0.163. The predicted octanol–water partition coefficient (Wildman–Crippen LogP) is 0.256. The van der Waals surface area contributed by atoms with Crippen molar-refractivity contribution < 1.29 is 14.3 Å². The van der Waals surface area contributed by atoms with Crippen molar-refractivity contribution in [3.8, 4) is 0 Å². The number of likely N-dealkylation sites (N-methyl/N-ethyl adjacent to an activating group) is 2. The SMILES string of the molecule is [CH2]C(NC)(C(=O)NCC)C(=O)OC(C)(C)C. The van der Waals surface area contributed by atoms with Gasteiger partial charge in [-0.15, -0.1) is 0 Å². The molecule has 0 aromatic rings. The van der Waals surface area contributed by atoms with Gasteiger partial charge in [-0.2, -0.15) is 0 Å². The summed E-state index contributed by atoms with van der Waals surface area (Å²) in [5.41, 5.74) is -2.24. The largest absolute Gasteiger partial charge is 0.458 e. The molecule has 0 aliphatic heterocycles. The monoisotopic (exact) mass is 229 g/mol. The Hall–Kier alpha value is -1.10. The summed E-state index contributed by atoms with van der Waals surface area (Å²) in [4.78, 5) is 23.5. The fraction of sp³-hybridized carbons (Fsp3) is 0.727. The van der Waals surface area contributed by atoms with Crippen LogP contribution in [0.25, 0.3) is 0 Å². The summed E-state index contributed by atoms with van der Waals surface area (Å²) in [5, 5.41) is 5.13. The van der Waals surface area contributed by atoms with E-state index < -0.39 is 23.0 Å². The molecule has 1 amide bonds. The molecular weight excluding hydrogens is 208 g/mol. The van der Waals surface area contributed by atoms with E-state index >= 15 is 0 Å². The minimum absolute atomic E-state index is 0.431. The van der Waals surface area contributed by atoms with E-state index in [2.05, 4.69) is 17.6 Å². The molecule has 0 aliphatic carbocycles. The second-order valence-corrected chi connectivity index (χ2v) is 4.52. The number of esters is 1. The predicted molar refractivity (Wildman–Crippen MR) is 61.7 cm³/mol. The summed E-state index contributed by atoms with van der Waals surface area (Å²) in [6.07, 6.45) is 0. The van der Waals surface area contributed by atoms with E-state index in [9.17, 15) is 9.59 Å². The molecule has 0 saturated heterocycles. The van der Waals surface area contributed by atoms with Crippen LogP contribution in [0.3, 0.4) is 0 Å². The zero-order valence-electron chi connectivity index (χ0n) is 10.6. The number of nitrogens with one attached hydrogen (secondary N) is 2. The van der Waals surface area contributed by atoms with Gasteiger partial charge in [-0.1, -0.05) is 0 Å². The number of amides is 1. The van der Waals surface area contributed by atoms with Gasteiger partial charge in [0.2, 0.25) is 0 Å². The third-order valence-electron chi connectivity index (χ3n) is 1.90. The van der Waals surface area contributed by atoms with Crippen molar-refractivity contribution in [3.63, 3.8) is 0 Å². The fourth-order valence-corrected chi connectivity index (χ4v) is 0.985. The Morgan fingerprint density at radius 3 is 2.12 bits per heavy atom. The Kier molecular flexibility index (Phi) is 4.93. The van der Waals surface area contributed by atoms with Crippen LogP contribution in [0.5, 0.6) is 0 Å². The zero-order valence-corrected chi connectivity index (χ0v) is 10.6. The molecule has 0 spiro atoms. The molecule has 0 fully saturated rings. The third-order valence-corrected chi connectivity index (χ3v) is 1.90. The van der Waals surface area contributed by atoms with Crippen LogP contribution in [0.4, 0.5) is 0 Å². The van der Waals surface area contributed by atoms with Crippen molar-refractivity contribution >= 4 is 11.9 Å².